The monoisotopic (exact) mass is 602 g/mol. The van der Waals surface area contributed by atoms with E-state index in [2.05, 4.69) is 10.6 Å². The zero-order chi connectivity index (χ0) is 29.8. The molecule has 0 heterocycles. The molecular formula is C30H32Cl2N2O7. The minimum Gasteiger partial charge on any atom is -0.505 e. The number of benzene rings is 3. The summed E-state index contributed by atoms with van der Waals surface area (Å²) in [4.78, 5) is 38.4. The van der Waals surface area contributed by atoms with E-state index >= 15 is 0 Å². The minimum absolute atomic E-state index is 0.0374. The summed E-state index contributed by atoms with van der Waals surface area (Å²) >= 11 is 12.6. The van der Waals surface area contributed by atoms with Gasteiger partial charge >= 0.3 is 11.9 Å². The van der Waals surface area contributed by atoms with Crippen molar-refractivity contribution in [2.75, 3.05) is 26.8 Å². The summed E-state index contributed by atoms with van der Waals surface area (Å²) in [5.74, 6) is -2.34. The van der Waals surface area contributed by atoms with Crippen LogP contribution in [0.5, 0.6) is 17.2 Å². The first-order valence-corrected chi connectivity index (χ1v) is 13.8. The molecule has 1 amide bonds. The van der Waals surface area contributed by atoms with Gasteiger partial charge in [0.15, 0.2) is 11.5 Å². The van der Waals surface area contributed by atoms with E-state index in [1.165, 1.54) is 30.3 Å². The fourth-order valence-corrected chi connectivity index (χ4v) is 4.38. The van der Waals surface area contributed by atoms with Crippen LogP contribution in [0.1, 0.15) is 46.0 Å². The quantitative estimate of drug-likeness (QED) is 0.131. The molecule has 0 aliphatic rings. The van der Waals surface area contributed by atoms with Gasteiger partial charge in [-0.1, -0.05) is 53.5 Å². The van der Waals surface area contributed by atoms with E-state index in [-0.39, 0.29) is 40.1 Å². The van der Waals surface area contributed by atoms with E-state index in [0.717, 1.165) is 24.9 Å². The first-order chi connectivity index (χ1) is 19.7. The number of nitrogens with one attached hydrogen (secondary N) is 2. The van der Waals surface area contributed by atoms with Crippen LogP contribution in [0.2, 0.25) is 10.0 Å². The molecule has 0 bridgehead atoms. The summed E-state index contributed by atoms with van der Waals surface area (Å²) in [7, 11) is 1.85. The lowest BCUT2D eigenvalue weighted by atomic mass is 10.0. The molecule has 1 atom stereocenters. The van der Waals surface area contributed by atoms with Gasteiger partial charge in [0.05, 0.1) is 29.4 Å². The van der Waals surface area contributed by atoms with Gasteiger partial charge in [0.1, 0.15) is 16.8 Å². The Bertz CT molecular complexity index is 1330. The fraction of sp³-hybridized carbons (Fsp3) is 0.300. The standard InChI is InChI=1S/C30H32Cl2N2O7/c1-3-39-29(37)20-11-13-21(14-12-20)41-30(38)24(17-19-9-5-4-6-10-19)34-28(36)22-18-23(31)27(25(32)26(22)35)40-16-8-7-15-33-2/h4-6,9-14,18,24,33,35H,3,7-8,15-17H2,1-2H3,(H,34,36). The number of carbonyl (C=O) groups excluding carboxylic acids is 3. The molecule has 218 valence electrons. The number of hydrogen-bond acceptors (Lipinski definition) is 8. The molecule has 0 aliphatic carbocycles. The van der Waals surface area contributed by atoms with Gasteiger partial charge in [0.2, 0.25) is 0 Å². The normalized spacial score (nSPS) is 11.4. The van der Waals surface area contributed by atoms with Gasteiger partial charge < -0.3 is 30.0 Å². The average Bonchev–Trinajstić information content (AvgIpc) is 2.97. The topological polar surface area (TPSA) is 123 Å². The summed E-state index contributed by atoms with van der Waals surface area (Å²) < 4.78 is 16.1. The molecule has 41 heavy (non-hydrogen) atoms. The molecule has 0 spiro atoms. The van der Waals surface area contributed by atoms with E-state index in [1.54, 1.807) is 31.2 Å². The van der Waals surface area contributed by atoms with E-state index < -0.39 is 29.6 Å². The SMILES string of the molecule is CCOC(=O)c1ccc(OC(=O)C(Cc2ccccc2)NC(=O)c2cc(Cl)c(OCCCCNC)c(Cl)c2O)cc1. The second-order valence-corrected chi connectivity index (χ2v) is 9.72. The van der Waals surface area contributed by atoms with Crippen molar-refractivity contribution in [2.45, 2.75) is 32.2 Å². The van der Waals surface area contributed by atoms with Crippen molar-refractivity contribution in [1.29, 1.82) is 0 Å². The molecule has 3 aromatic rings. The molecule has 0 radical (unpaired) electrons. The number of aromatic hydroxyl groups is 1. The predicted molar refractivity (Wildman–Crippen MR) is 156 cm³/mol. The maximum Gasteiger partial charge on any atom is 0.338 e. The van der Waals surface area contributed by atoms with Crippen LogP contribution >= 0.6 is 23.2 Å². The summed E-state index contributed by atoms with van der Waals surface area (Å²) in [6.07, 6.45) is 1.69. The van der Waals surface area contributed by atoms with Gasteiger partial charge in [0.25, 0.3) is 5.91 Å². The summed E-state index contributed by atoms with van der Waals surface area (Å²) in [6, 6.07) is 15.0. The van der Waals surface area contributed by atoms with Crippen LogP contribution in [-0.2, 0) is 16.0 Å². The number of halogens is 2. The van der Waals surface area contributed by atoms with Gasteiger partial charge in [-0.05, 0) is 69.3 Å². The average molecular weight is 603 g/mol. The first-order valence-electron chi connectivity index (χ1n) is 13.1. The molecule has 0 fully saturated rings. The molecule has 1 unspecified atom stereocenters. The predicted octanol–water partition coefficient (Wildman–Crippen LogP) is 5.20. The van der Waals surface area contributed by atoms with Crippen molar-refractivity contribution in [3.8, 4) is 17.2 Å². The molecule has 3 rings (SSSR count). The number of ether oxygens (including phenoxy) is 3. The Balaban J connectivity index is 1.78. The Morgan fingerprint density at radius 1 is 1.00 bits per heavy atom. The molecule has 0 aliphatic heterocycles. The largest absolute Gasteiger partial charge is 0.505 e. The summed E-state index contributed by atoms with van der Waals surface area (Å²) in [6.45, 7) is 3.07. The number of unbranched alkanes of at least 4 members (excludes halogenated alkanes) is 1. The molecule has 0 saturated heterocycles. The molecule has 11 heteroatoms. The van der Waals surface area contributed by atoms with Crippen molar-refractivity contribution in [2.24, 2.45) is 0 Å². The molecule has 3 N–H and O–H groups in total. The molecule has 3 aromatic carbocycles. The Labute approximate surface area is 248 Å². The Morgan fingerprint density at radius 2 is 1.71 bits per heavy atom. The maximum atomic E-state index is 13.3. The lowest BCUT2D eigenvalue weighted by molar-refractivity contribution is -0.136. The zero-order valence-corrected chi connectivity index (χ0v) is 24.3. The van der Waals surface area contributed by atoms with Crippen molar-refractivity contribution in [3.63, 3.8) is 0 Å². The summed E-state index contributed by atoms with van der Waals surface area (Å²) in [5, 5.41) is 16.2. The second-order valence-electron chi connectivity index (χ2n) is 8.94. The number of phenolic OH excluding ortho intramolecular Hbond substituents is 1. The zero-order valence-electron chi connectivity index (χ0n) is 22.7. The summed E-state index contributed by atoms with van der Waals surface area (Å²) in [5.41, 5.74) is 0.831. The highest BCUT2D eigenvalue weighted by Crippen LogP contribution is 2.42. The number of rotatable bonds is 14. The maximum absolute atomic E-state index is 13.3. The third kappa shape index (κ3) is 9.11. The van der Waals surface area contributed by atoms with Crippen molar-refractivity contribution in [1.82, 2.24) is 10.6 Å². The Kier molecular flexibility index (Phi) is 12.3. The van der Waals surface area contributed by atoms with Crippen molar-refractivity contribution in [3.05, 3.63) is 87.4 Å². The van der Waals surface area contributed by atoms with Crippen LogP contribution in [0.3, 0.4) is 0 Å². The van der Waals surface area contributed by atoms with Crippen LogP contribution in [0.4, 0.5) is 0 Å². The van der Waals surface area contributed by atoms with Gasteiger partial charge in [-0.2, -0.15) is 0 Å². The fourth-order valence-electron chi connectivity index (χ4n) is 3.81. The van der Waals surface area contributed by atoms with Gasteiger partial charge in [-0.3, -0.25) is 4.79 Å². The van der Waals surface area contributed by atoms with E-state index in [0.29, 0.717) is 12.2 Å². The van der Waals surface area contributed by atoms with Crippen molar-refractivity contribution >= 4 is 41.0 Å². The molecule has 0 saturated carbocycles. The van der Waals surface area contributed by atoms with Crippen LogP contribution in [0.25, 0.3) is 0 Å². The third-order valence-corrected chi connectivity index (χ3v) is 6.55. The number of amides is 1. The lowest BCUT2D eigenvalue weighted by Crippen LogP contribution is -2.44. The molecule has 0 aromatic heterocycles. The van der Waals surface area contributed by atoms with E-state index in [4.69, 9.17) is 37.4 Å². The van der Waals surface area contributed by atoms with Crippen molar-refractivity contribution < 1.29 is 33.7 Å². The molecule has 9 nitrogen and oxygen atoms in total. The highest BCUT2D eigenvalue weighted by molar-refractivity contribution is 6.39. The third-order valence-electron chi connectivity index (χ3n) is 5.92. The Hall–Kier alpha value is -3.79. The smallest absolute Gasteiger partial charge is 0.338 e. The second kappa shape index (κ2) is 15.9. The van der Waals surface area contributed by atoms with Crippen LogP contribution in [-0.4, -0.2) is 55.8 Å². The van der Waals surface area contributed by atoms with Gasteiger partial charge in [-0.25, -0.2) is 9.59 Å². The number of carbonyl (C=O) groups is 3. The highest BCUT2D eigenvalue weighted by atomic mass is 35.5. The minimum atomic E-state index is -1.14. The lowest BCUT2D eigenvalue weighted by Gasteiger charge is -2.19. The van der Waals surface area contributed by atoms with E-state index in [1.807, 2.05) is 13.1 Å². The van der Waals surface area contributed by atoms with Crippen LogP contribution in [0, 0.1) is 0 Å². The van der Waals surface area contributed by atoms with Crippen LogP contribution in [0.15, 0.2) is 60.7 Å². The highest BCUT2D eigenvalue weighted by Gasteiger charge is 2.27. The number of hydrogen-bond donors (Lipinski definition) is 3. The van der Waals surface area contributed by atoms with Crippen LogP contribution < -0.4 is 20.1 Å². The van der Waals surface area contributed by atoms with Gasteiger partial charge in [0, 0.05) is 6.42 Å². The van der Waals surface area contributed by atoms with E-state index in [9.17, 15) is 19.5 Å². The Morgan fingerprint density at radius 3 is 2.37 bits per heavy atom. The van der Waals surface area contributed by atoms with Gasteiger partial charge in [-0.15, -0.1) is 0 Å². The first kappa shape index (κ1) is 31.7. The number of phenols is 1. The number of esters is 2. The molecular weight excluding hydrogens is 571 g/mol.